The van der Waals surface area contributed by atoms with Crippen LogP contribution in [0.4, 0.5) is 0 Å². The average Bonchev–Trinajstić information content (AvgIpc) is 2.51. The van der Waals surface area contributed by atoms with Gasteiger partial charge < -0.3 is 25.4 Å². The van der Waals surface area contributed by atoms with Gasteiger partial charge in [-0.15, -0.1) is 0 Å². The van der Waals surface area contributed by atoms with Crippen molar-refractivity contribution >= 4 is 17.7 Å². The molecule has 3 atom stereocenters. The molecular weight excluding hydrogens is 182 g/mol. The third-order valence-corrected chi connectivity index (χ3v) is 3.17. The zero-order chi connectivity index (χ0) is 9.14. The van der Waals surface area contributed by atoms with Crippen molar-refractivity contribution in [1.29, 1.82) is 0 Å². The van der Waals surface area contributed by atoms with E-state index >= 15 is 0 Å². The van der Waals surface area contributed by atoms with Crippen LogP contribution < -0.4 is 10.4 Å². The minimum absolute atomic E-state index is 0.280. The molecule has 0 spiro atoms. The second-order valence-electron chi connectivity index (χ2n) is 2.67. The predicted molar refractivity (Wildman–Crippen MR) is 40.1 cm³/mol. The third-order valence-electron chi connectivity index (χ3n) is 1.76. The van der Waals surface area contributed by atoms with E-state index in [0.29, 0.717) is 5.75 Å². The third kappa shape index (κ3) is 2.10. The maximum absolute atomic E-state index is 10.4. The zero-order valence-electron chi connectivity index (χ0n) is 6.34. The van der Waals surface area contributed by atoms with Crippen LogP contribution >= 0.6 is 11.8 Å². The van der Waals surface area contributed by atoms with Crippen LogP contribution in [0.15, 0.2) is 0 Å². The molecule has 1 aliphatic rings. The molecule has 1 saturated heterocycles. The van der Waals surface area contributed by atoms with E-state index in [-0.39, 0.29) is 12.0 Å². The Morgan fingerprint density at radius 1 is 1.83 bits per heavy atom. The molecule has 0 aliphatic carbocycles. The molecule has 12 heavy (non-hydrogen) atoms. The van der Waals surface area contributed by atoms with E-state index in [0.717, 1.165) is 0 Å². The number of aliphatic hydroxyl groups is 2. The van der Waals surface area contributed by atoms with Crippen molar-refractivity contribution in [3.05, 3.63) is 0 Å². The van der Waals surface area contributed by atoms with Crippen LogP contribution in [0.1, 0.15) is 0 Å². The summed E-state index contributed by atoms with van der Waals surface area (Å²) < 4.78 is 0. The molecule has 70 valence electrons. The molecule has 0 radical (unpaired) electrons. The van der Waals surface area contributed by atoms with Gasteiger partial charge in [-0.1, -0.05) is 11.8 Å². The first-order valence-corrected chi connectivity index (χ1v) is 4.66. The zero-order valence-corrected chi connectivity index (χ0v) is 7.16. The fourth-order valence-corrected chi connectivity index (χ4v) is 2.33. The number of quaternary nitrogens is 1. The molecule has 1 aliphatic heterocycles. The second kappa shape index (κ2) is 4.08. The van der Waals surface area contributed by atoms with Crippen LogP contribution in [0.25, 0.3) is 0 Å². The number of aliphatic hydroxyl groups excluding tert-OH is 2. The summed E-state index contributed by atoms with van der Waals surface area (Å²) in [6, 6.07) is -0.596. The Morgan fingerprint density at radius 2 is 2.50 bits per heavy atom. The maximum Gasteiger partial charge on any atom is 0.162 e. The van der Waals surface area contributed by atoms with Crippen molar-refractivity contribution in [2.24, 2.45) is 0 Å². The first-order chi connectivity index (χ1) is 5.65. The lowest BCUT2D eigenvalue weighted by Crippen LogP contribution is -2.96. The Balaban J connectivity index is 2.40. The van der Waals surface area contributed by atoms with Crippen LogP contribution in [-0.2, 0) is 4.79 Å². The molecule has 1 heterocycles. The highest BCUT2D eigenvalue weighted by atomic mass is 32.2. The number of carbonyl (C=O) groups excluding carboxylic acids is 1. The highest BCUT2D eigenvalue weighted by molar-refractivity contribution is 8.00. The summed E-state index contributed by atoms with van der Waals surface area (Å²) in [7, 11) is 0. The smallest absolute Gasteiger partial charge is 0.162 e. The SMILES string of the molecule is O=C([O-])[C@@H]1CS[C@@H]([C@@H](O)CO)[NH2+]1. The number of carboxylic acids is 1. The monoisotopic (exact) mass is 193 g/mol. The number of carboxylic acid groups (broad SMARTS) is 1. The van der Waals surface area contributed by atoms with Gasteiger partial charge in [-0.2, -0.15) is 0 Å². The first kappa shape index (κ1) is 9.79. The standard InChI is InChI=1S/C6H11NO4S/c8-1-4(9)5-7-3(2-12-5)6(10)11/h3-5,7-9H,1-2H2,(H,10,11)/t3-,4-,5-/m0/s1. The Bertz CT molecular complexity index is 177. The number of hydrogen-bond acceptors (Lipinski definition) is 5. The number of aliphatic carboxylic acids is 1. The fraction of sp³-hybridized carbons (Fsp3) is 0.833. The van der Waals surface area contributed by atoms with Gasteiger partial charge >= 0.3 is 0 Å². The van der Waals surface area contributed by atoms with Gasteiger partial charge in [-0.25, -0.2) is 0 Å². The van der Waals surface area contributed by atoms with E-state index in [9.17, 15) is 9.90 Å². The van der Waals surface area contributed by atoms with Gasteiger partial charge in [0.25, 0.3) is 0 Å². The molecule has 1 fully saturated rings. The molecule has 1 rings (SSSR count). The van der Waals surface area contributed by atoms with Gasteiger partial charge in [0.2, 0.25) is 0 Å². The van der Waals surface area contributed by atoms with Gasteiger partial charge in [-0.3, -0.25) is 0 Å². The topological polar surface area (TPSA) is 97.2 Å². The summed E-state index contributed by atoms with van der Waals surface area (Å²) in [5.41, 5.74) is 0. The van der Waals surface area contributed by atoms with Gasteiger partial charge in [-0.05, 0) is 0 Å². The Hall–Kier alpha value is -0.300. The van der Waals surface area contributed by atoms with Crippen LogP contribution in [0.2, 0.25) is 0 Å². The minimum atomic E-state index is -1.12. The quantitative estimate of drug-likeness (QED) is 0.425. The van der Waals surface area contributed by atoms with Gasteiger partial charge in [0.15, 0.2) is 5.37 Å². The summed E-state index contributed by atoms with van der Waals surface area (Å²) >= 11 is 1.33. The summed E-state index contributed by atoms with van der Waals surface area (Å²) in [5, 5.41) is 29.3. The molecule has 5 nitrogen and oxygen atoms in total. The fourth-order valence-electron chi connectivity index (χ4n) is 1.04. The van der Waals surface area contributed by atoms with Crippen molar-refractivity contribution in [1.82, 2.24) is 0 Å². The molecular formula is C6H11NO4S. The number of hydrogen-bond donors (Lipinski definition) is 3. The molecule has 0 unspecified atom stereocenters. The van der Waals surface area contributed by atoms with E-state index in [4.69, 9.17) is 10.2 Å². The number of thioether (sulfide) groups is 1. The lowest BCUT2D eigenvalue weighted by atomic mass is 10.3. The van der Waals surface area contributed by atoms with Gasteiger partial charge in [0.05, 0.1) is 12.4 Å². The van der Waals surface area contributed by atoms with Crippen LogP contribution in [0.3, 0.4) is 0 Å². The Kier molecular flexibility index (Phi) is 3.33. The number of rotatable bonds is 3. The largest absolute Gasteiger partial charge is 0.544 e. The van der Waals surface area contributed by atoms with Crippen molar-refractivity contribution < 1.29 is 25.4 Å². The van der Waals surface area contributed by atoms with Crippen LogP contribution in [-0.4, -0.2) is 46.1 Å². The van der Waals surface area contributed by atoms with Crippen molar-refractivity contribution in [3.8, 4) is 0 Å². The Morgan fingerprint density at radius 3 is 2.92 bits per heavy atom. The highest BCUT2D eigenvalue weighted by Gasteiger charge is 2.34. The molecule has 0 saturated carbocycles. The average molecular weight is 193 g/mol. The van der Waals surface area contributed by atoms with E-state index < -0.39 is 18.1 Å². The Labute approximate surface area is 73.8 Å². The predicted octanol–water partition coefficient (Wildman–Crippen LogP) is -3.91. The lowest BCUT2D eigenvalue weighted by molar-refractivity contribution is -0.690. The molecule has 0 aromatic heterocycles. The van der Waals surface area contributed by atoms with Crippen molar-refractivity contribution in [2.45, 2.75) is 17.5 Å². The normalized spacial score (nSPS) is 31.8. The molecule has 0 bridgehead atoms. The molecule has 0 aromatic carbocycles. The first-order valence-electron chi connectivity index (χ1n) is 3.61. The second-order valence-corrected chi connectivity index (χ2v) is 3.88. The minimum Gasteiger partial charge on any atom is -0.544 e. The summed E-state index contributed by atoms with van der Waals surface area (Å²) in [5.74, 6) is -0.695. The van der Waals surface area contributed by atoms with E-state index in [2.05, 4.69) is 0 Å². The summed E-state index contributed by atoms with van der Waals surface area (Å²) in [6.45, 7) is -0.339. The highest BCUT2D eigenvalue weighted by Crippen LogP contribution is 2.14. The van der Waals surface area contributed by atoms with Crippen molar-refractivity contribution in [2.75, 3.05) is 12.4 Å². The molecule has 6 heteroatoms. The molecule has 0 aromatic rings. The van der Waals surface area contributed by atoms with Crippen molar-refractivity contribution in [3.63, 3.8) is 0 Å². The summed E-state index contributed by atoms with van der Waals surface area (Å²) in [4.78, 5) is 10.4. The summed E-state index contributed by atoms with van der Waals surface area (Å²) in [6.07, 6.45) is -0.862. The van der Waals surface area contributed by atoms with E-state index in [1.54, 1.807) is 0 Å². The lowest BCUT2D eigenvalue weighted by Gasteiger charge is -2.13. The molecule has 0 amide bonds. The van der Waals surface area contributed by atoms with Crippen LogP contribution in [0, 0.1) is 0 Å². The van der Waals surface area contributed by atoms with E-state index in [1.807, 2.05) is 0 Å². The maximum atomic E-state index is 10.4. The number of nitrogens with two attached hydrogens (primary N) is 1. The van der Waals surface area contributed by atoms with Gasteiger partial charge in [0.1, 0.15) is 18.1 Å². The van der Waals surface area contributed by atoms with E-state index in [1.165, 1.54) is 17.1 Å². The van der Waals surface area contributed by atoms with Gasteiger partial charge in [0, 0.05) is 0 Å². The molecule has 4 N–H and O–H groups in total. The van der Waals surface area contributed by atoms with Crippen LogP contribution in [0.5, 0.6) is 0 Å². The number of carbonyl (C=O) groups is 1.